The van der Waals surface area contributed by atoms with Crippen LogP contribution in [0.1, 0.15) is 32.8 Å². The molecule has 18 heavy (non-hydrogen) atoms. The van der Waals surface area contributed by atoms with E-state index < -0.39 is 0 Å². The van der Waals surface area contributed by atoms with Gasteiger partial charge in [-0.3, -0.25) is 4.90 Å². The lowest BCUT2D eigenvalue weighted by Gasteiger charge is -2.35. The highest BCUT2D eigenvalue weighted by atomic mass is 15.1. The Morgan fingerprint density at radius 1 is 1.22 bits per heavy atom. The number of nitrogens with two attached hydrogens (primary N) is 1. The van der Waals surface area contributed by atoms with Crippen LogP contribution in [0.3, 0.4) is 0 Å². The van der Waals surface area contributed by atoms with E-state index >= 15 is 0 Å². The molecular formula is C16H24N2. The van der Waals surface area contributed by atoms with Crippen molar-refractivity contribution in [3.63, 3.8) is 0 Å². The van der Waals surface area contributed by atoms with Crippen molar-refractivity contribution in [3.8, 4) is 0 Å². The SMILES string of the molecule is CC1=CCCN(CC(C)(C)c2ccc(N)cc2)C1. The normalized spacial score (nSPS) is 17.6. The molecular weight excluding hydrogens is 220 g/mol. The summed E-state index contributed by atoms with van der Waals surface area (Å²) in [6.07, 6.45) is 3.54. The molecule has 2 rings (SSSR count). The Morgan fingerprint density at radius 3 is 2.50 bits per heavy atom. The summed E-state index contributed by atoms with van der Waals surface area (Å²) in [5, 5.41) is 0. The fraction of sp³-hybridized carbons (Fsp3) is 0.500. The second-order valence-corrected chi connectivity index (χ2v) is 6.06. The Balaban J connectivity index is 2.07. The minimum atomic E-state index is 0.172. The van der Waals surface area contributed by atoms with Crippen molar-refractivity contribution in [1.29, 1.82) is 0 Å². The zero-order chi connectivity index (χ0) is 13.2. The Hall–Kier alpha value is -1.28. The van der Waals surface area contributed by atoms with Gasteiger partial charge in [0.2, 0.25) is 0 Å². The van der Waals surface area contributed by atoms with Crippen molar-refractivity contribution in [1.82, 2.24) is 4.90 Å². The molecule has 2 N–H and O–H groups in total. The molecule has 1 heterocycles. The predicted molar refractivity (Wildman–Crippen MR) is 78.7 cm³/mol. The van der Waals surface area contributed by atoms with Gasteiger partial charge < -0.3 is 5.73 Å². The van der Waals surface area contributed by atoms with Crippen LogP contribution < -0.4 is 5.73 Å². The van der Waals surface area contributed by atoms with Crippen molar-refractivity contribution in [2.75, 3.05) is 25.4 Å². The highest BCUT2D eigenvalue weighted by Crippen LogP contribution is 2.26. The first kappa shape index (κ1) is 13.2. The Bertz CT molecular complexity index is 429. The molecule has 1 aromatic carbocycles. The number of rotatable bonds is 3. The van der Waals surface area contributed by atoms with Gasteiger partial charge in [-0.15, -0.1) is 0 Å². The molecule has 2 nitrogen and oxygen atoms in total. The van der Waals surface area contributed by atoms with E-state index in [2.05, 4.69) is 43.9 Å². The van der Waals surface area contributed by atoms with Gasteiger partial charge in [0, 0.05) is 30.7 Å². The number of benzene rings is 1. The van der Waals surface area contributed by atoms with Gasteiger partial charge in [-0.2, -0.15) is 0 Å². The lowest BCUT2D eigenvalue weighted by atomic mass is 9.83. The molecule has 1 aromatic rings. The molecule has 1 aliphatic heterocycles. The molecule has 0 radical (unpaired) electrons. The number of anilines is 1. The molecule has 0 aromatic heterocycles. The van der Waals surface area contributed by atoms with Crippen molar-refractivity contribution in [2.45, 2.75) is 32.6 Å². The largest absolute Gasteiger partial charge is 0.399 e. The predicted octanol–water partition coefficient (Wildman–Crippen LogP) is 3.20. The van der Waals surface area contributed by atoms with E-state index in [9.17, 15) is 0 Å². The van der Waals surface area contributed by atoms with Gasteiger partial charge in [-0.05, 0) is 31.0 Å². The number of nitrogen functional groups attached to an aromatic ring is 1. The summed E-state index contributed by atoms with van der Waals surface area (Å²) in [6.45, 7) is 10.2. The van der Waals surface area contributed by atoms with Crippen molar-refractivity contribution in [2.24, 2.45) is 0 Å². The minimum Gasteiger partial charge on any atom is -0.399 e. The second kappa shape index (κ2) is 5.15. The number of hydrogen-bond donors (Lipinski definition) is 1. The average molecular weight is 244 g/mol. The van der Waals surface area contributed by atoms with E-state index in [0.717, 1.165) is 18.8 Å². The second-order valence-electron chi connectivity index (χ2n) is 6.06. The van der Waals surface area contributed by atoms with E-state index in [4.69, 9.17) is 5.73 Å². The summed E-state index contributed by atoms with van der Waals surface area (Å²) in [6, 6.07) is 8.31. The molecule has 0 saturated carbocycles. The molecule has 0 aliphatic carbocycles. The molecule has 1 aliphatic rings. The first-order valence-electron chi connectivity index (χ1n) is 6.71. The molecule has 0 spiro atoms. The van der Waals surface area contributed by atoms with Crippen molar-refractivity contribution < 1.29 is 0 Å². The van der Waals surface area contributed by atoms with Crippen molar-refractivity contribution >= 4 is 5.69 Å². The molecule has 0 fully saturated rings. The Morgan fingerprint density at radius 2 is 1.89 bits per heavy atom. The summed E-state index contributed by atoms with van der Waals surface area (Å²) >= 11 is 0. The summed E-state index contributed by atoms with van der Waals surface area (Å²) in [5.41, 5.74) is 9.63. The first-order valence-corrected chi connectivity index (χ1v) is 6.71. The molecule has 0 bridgehead atoms. The molecule has 0 saturated heterocycles. The highest BCUT2D eigenvalue weighted by Gasteiger charge is 2.24. The molecule has 0 amide bonds. The van der Waals surface area contributed by atoms with Crippen LogP contribution in [0.2, 0.25) is 0 Å². The molecule has 98 valence electrons. The molecule has 0 atom stereocenters. The van der Waals surface area contributed by atoms with E-state index in [1.807, 2.05) is 12.1 Å². The van der Waals surface area contributed by atoms with Crippen LogP contribution in [0.5, 0.6) is 0 Å². The summed E-state index contributed by atoms with van der Waals surface area (Å²) in [5.74, 6) is 0. The van der Waals surface area contributed by atoms with Crippen LogP contribution in [-0.2, 0) is 5.41 Å². The zero-order valence-electron chi connectivity index (χ0n) is 11.7. The zero-order valence-corrected chi connectivity index (χ0v) is 11.7. The van der Waals surface area contributed by atoms with Gasteiger partial charge in [0.1, 0.15) is 0 Å². The average Bonchev–Trinajstić information content (AvgIpc) is 2.29. The standard InChI is InChI=1S/C16H24N2/c1-13-5-4-10-18(11-13)12-16(2,3)14-6-8-15(17)9-7-14/h5-9H,4,10-12,17H2,1-3H3. The molecule has 0 unspecified atom stereocenters. The van der Waals surface area contributed by atoms with Gasteiger partial charge in [0.15, 0.2) is 0 Å². The first-order chi connectivity index (χ1) is 8.47. The van der Waals surface area contributed by atoms with E-state index in [1.165, 1.54) is 24.1 Å². The van der Waals surface area contributed by atoms with Crippen LogP contribution in [0.25, 0.3) is 0 Å². The maximum Gasteiger partial charge on any atom is 0.0314 e. The third-order valence-electron chi connectivity index (χ3n) is 3.72. The lowest BCUT2D eigenvalue weighted by Crippen LogP contribution is -2.39. The maximum absolute atomic E-state index is 5.75. The van der Waals surface area contributed by atoms with E-state index in [-0.39, 0.29) is 5.41 Å². The summed E-state index contributed by atoms with van der Waals surface area (Å²) in [4.78, 5) is 2.55. The summed E-state index contributed by atoms with van der Waals surface area (Å²) < 4.78 is 0. The van der Waals surface area contributed by atoms with Gasteiger partial charge >= 0.3 is 0 Å². The monoisotopic (exact) mass is 244 g/mol. The fourth-order valence-electron chi connectivity index (χ4n) is 2.71. The van der Waals surface area contributed by atoms with Gasteiger partial charge in [-0.1, -0.05) is 37.6 Å². The van der Waals surface area contributed by atoms with Crippen LogP contribution in [0, 0.1) is 0 Å². The third-order valence-corrected chi connectivity index (χ3v) is 3.72. The minimum absolute atomic E-state index is 0.172. The Kier molecular flexibility index (Phi) is 3.76. The smallest absolute Gasteiger partial charge is 0.0314 e. The molecule has 2 heteroatoms. The van der Waals surface area contributed by atoms with Crippen LogP contribution in [0.4, 0.5) is 5.69 Å². The van der Waals surface area contributed by atoms with Crippen LogP contribution >= 0.6 is 0 Å². The van der Waals surface area contributed by atoms with Crippen LogP contribution in [0.15, 0.2) is 35.9 Å². The number of nitrogens with zero attached hydrogens (tertiary/aromatic N) is 1. The fourth-order valence-corrected chi connectivity index (χ4v) is 2.71. The topological polar surface area (TPSA) is 29.3 Å². The Labute approximate surface area is 110 Å². The highest BCUT2D eigenvalue weighted by molar-refractivity contribution is 5.41. The van der Waals surface area contributed by atoms with Crippen molar-refractivity contribution in [3.05, 3.63) is 41.5 Å². The number of hydrogen-bond acceptors (Lipinski definition) is 2. The van der Waals surface area contributed by atoms with E-state index in [1.54, 1.807) is 0 Å². The van der Waals surface area contributed by atoms with Gasteiger partial charge in [-0.25, -0.2) is 0 Å². The van der Waals surface area contributed by atoms with E-state index in [0.29, 0.717) is 0 Å². The van der Waals surface area contributed by atoms with Crippen LogP contribution in [-0.4, -0.2) is 24.5 Å². The third kappa shape index (κ3) is 3.14. The summed E-state index contributed by atoms with van der Waals surface area (Å²) in [7, 11) is 0. The van der Waals surface area contributed by atoms with Gasteiger partial charge in [0.05, 0.1) is 0 Å². The van der Waals surface area contributed by atoms with Gasteiger partial charge in [0.25, 0.3) is 0 Å². The maximum atomic E-state index is 5.75. The lowest BCUT2D eigenvalue weighted by molar-refractivity contribution is 0.235. The quantitative estimate of drug-likeness (QED) is 0.653.